The number of nitrogen functional groups attached to an aromatic ring is 1. The normalized spacial score (nSPS) is 24.3. The molecule has 4 N–H and O–H groups in total. The molecule has 0 amide bonds. The third-order valence-electron chi connectivity index (χ3n) is 3.32. The van der Waals surface area contributed by atoms with Crippen LogP contribution < -0.4 is 10.5 Å². The lowest BCUT2D eigenvalue weighted by Gasteiger charge is -2.28. The van der Waals surface area contributed by atoms with Crippen LogP contribution in [0, 0.1) is 0 Å². The largest absolute Gasteiger partial charge is 0.398 e. The number of anilines is 1. The second kappa shape index (κ2) is 5.78. The molecule has 106 valence electrons. The van der Waals surface area contributed by atoms with Gasteiger partial charge in [0.15, 0.2) is 0 Å². The van der Waals surface area contributed by atoms with Crippen LogP contribution in [0.5, 0.6) is 0 Å². The molecule has 0 spiro atoms. The minimum absolute atomic E-state index is 0.145. The predicted octanol–water partition coefficient (Wildman–Crippen LogP) is 1.61. The van der Waals surface area contributed by atoms with Crippen LogP contribution >= 0.6 is 15.9 Å². The Kier molecular flexibility index (Phi) is 4.50. The third kappa shape index (κ3) is 3.47. The number of sulfonamides is 1. The van der Waals surface area contributed by atoms with Crippen molar-refractivity contribution in [3.8, 4) is 0 Å². The Labute approximate surface area is 121 Å². The van der Waals surface area contributed by atoms with Crippen molar-refractivity contribution in [2.24, 2.45) is 0 Å². The number of halogens is 1. The Morgan fingerprint density at radius 1 is 1.32 bits per heavy atom. The van der Waals surface area contributed by atoms with E-state index < -0.39 is 22.2 Å². The molecule has 1 aromatic carbocycles. The van der Waals surface area contributed by atoms with E-state index in [-0.39, 0.29) is 4.90 Å². The number of rotatable bonds is 3. The van der Waals surface area contributed by atoms with Crippen LogP contribution in [0.15, 0.2) is 27.6 Å². The Hall–Kier alpha value is -0.630. The van der Waals surface area contributed by atoms with Gasteiger partial charge in [-0.25, -0.2) is 13.1 Å². The Morgan fingerprint density at radius 2 is 2.00 bits per heavy atom. The molecule has 2 atom stereocenters. The summed E-state index contributed by atoms with van der Waals surface area (Å²) in [6.45, 7) is 0. The molecule has 0 heterocycles. The van der Waals surface area contributed by atoms with Crippen LogP contribution in [0.25, 0.3) is 0 Å². The standard InChI is InChI=1S/C12H17BrN2O3S/c13-9-7-8(5-6-10(9)14)19(17,18)15-11-3-1-2-4-12(11)16/h5-7,11-12,15-16H,1-4,14H2/t11-,12-/m1/s1. The molecule has 1 aromatic rings. The molecule has 1 saturated carbocycles. The second-order valence-electron chi connectivity index (χ2n) is 4.76. The minimum atomic E-state index is -3.63. The molecule has 5 nitrogen and oxygen atoms in total. The SMILES string of the molecule is Nc1ccc(S(=O)(=O)N[C@@H]2CCCC[C@H]2O)cc1Br. The maximum absolute atomic E-state index is 12.2. The van der Waals surface area contributed by atoms with Crippen LogP contribution in [0.4, 0.5) is 5.69 Å². The van der Waals surface area contributed by atoms with Crippen LogP contribution in [-0.4, -0.2) is 25.7 Å². The molecule has 7 heteroatoms. The summed E-state index contributed by atoms with van der Waals surface area (Å²) in [7, 11) is -3.63. The van der Waals surface area contributed by atoms with Gasteiger partial charge in [-0.2, -0.15) is 0 Å². The van der Waals surface area contributed by atoms with Crippen LogP contribution in [0.2, 0.25) is 0 Å². The zero-order valence-electron chi connectivity index (χ0n) is 10.3. The lowest BCUT2D eigenvalue weighted by Crippen LogP contribution is -2.44. The van der Waals surface area contributed by atoms with Crippen molar-refractivity contribution < 1.29 is 13.5 Å². The molecular formula is C12H17BrN2O3S. The zero-order valence-corrected chi connectivity index (χ0v) is 12.7. The van der Waals surface area contributed by atoms with E-state index in [1.165, 1.54) is 18.2 Å². The van der Waals surface area contributed by atoms with E-state index in [0.717, 1.165) is 12.8 Å². The maximum Gasteiger partial charge on any atom is 0.240 e. The fourth-order valence-electron chi connectivity index (χ4n) is 2.19. The molecular weight excluding hydrogens is 332 g/mol. The fourth-order valence-corrected chi connectivity index (χ4v) is 4.05. The van der Waals surface area contributed by atoms with Crippen LogP contribution in [0.3, 0.4) is 0 Å². The molecule has 19 heavy (non-hydrogen) atoms. The molecule has 0 aliphatic heterocycles. The van der Waals surface area contributed by atoms with E-state index in [2.05, 4.69) is 20.7 Å². The number of nitrogens with two attached hydrogens (primary N) is 1. The van der Waals surface area contributed by atoms with Gasteiger partial charge in [0.05, 0.1) is 11.0 Å². The van der Waals surface area contributed by atoms with E-state index in [9.17, 15) is 13.5 Å². The first-order valence-corrected chi connectivity index (χ1v) is 8.43. The minimum Gasteiger partial charge on any atom is -0.398 e. The van der Waals surface area contributed by atoms with Gasteiger partial charge in [0.2, 0.25) is 10.0 Å². The van der Waals surface area contributed by atoms with Gasteiger partial charge < -0.3 is 10.8 Å². The fraction of sp³-hybridized carbons (Fsp3) is 0.500. The van der Waals surface area contributed by atoms with Gasteiger partial charge in [-0.1, -0.05) is 12.8 Å². The molecule has 1 aliphatic rings. The molecule has 0 unspecified atom stereocenters. The smallest absolute Gasteiger partial charge is 0.240 e. The van der Waals surface area contributed by atoms with Crippen molar-refractivity contribution in [1.29, 1.82) is 0 Å². The van der Waals surface area contributed by atoms with E-state index in [0.29, 0.717) is 23.0 Å². The average molecular weight is 349 g/mol. The predicted molar refractivity (Wildman–Crippen MR) is 77.1 cm³/mol. The first-order valence-electron chi connectivity index (χ1n) is 6.15. The van der Waals surface area contributed by atoms with Crippen LogP contribution in [-0.2, 0) is 10.0 Å². The molecule has 1 fully saturated rings. The van der Waals surface area contributed by atoms with Crippen molar-refractivity contribution in [3.05, 3.63) is 22.7 Å². The molecule has 0 saturated heterocycles. The van der Waals surface area contributed by atoms with Crippen molar-refractivity contribution in [3.63, 3.8) is 0 Å². The molecule has 0 bridgehead atoms. The summed E-state index contributed by atoms with van der Waals surface area (Å²) in [5.74, 6) is 0. The number of nitrogens with one attached hydrogen (secondary N) is 1. The molecule has 2 rings (SSSR count). The second-order valence-corrected chi connectivity index (χ2v) is 7.33. The molecule has 0 aromatic heterocycles. The first kappa shape index (κ1) is 14.8. The van der Waals surface area contributed by atoms with Gasteiger partial charge in [0, 0.05) is 16.2 Å². The molecule has 1 aliphatic carbocycles. The number of hydrogen-bond donors (Lipinski definition) is 3. The summed E-state index contributed by atoms with van der Waals surface area (Å²) < 4.78 is 27.6. The lowest BCUT2D eigenvalue weighted by molar-refractivity contribution is 0.101. The van der Waals surface area contributed by atoms with Gasteiger partial charge in [-0.3, -0.25) is 0 Å². The summed E-state index contributed by atoms with van der Waals surface area (Å²) in [5.41, 5.74) is 6.12. The highest BCUT2D eigenvalue weighted by atomic mass is 79.9. The van der Waals surface area contributed by atoms with Crippen molar-refractivity contribution >= 4 is 31.6 Å². The monoisotopic (exact) mass is 348 g/mol. The zero-order chi connectivity index (χ0) is 14.0. The Balaban J connectivity index is 2.19. The number of hydrogen-bond acceptors (Lipinski definition) is 4. The lowest BCUT2D eigenvalue weighted by atomic mass is 9.93. The van der Waals surface area contributed by atoms with E-state index in [1.54, 1.807) is 0 Å². The highest BCUT2D eigenvalue weighted by Gasteiger charge is 2.28. The van der Waals surface area contributed by atoms with Crippen molar-refractivity contribution in [2.45, 2.75) is 42.7 Å². The van der Waals surface area contributed by atoms with Gasteiger partial charge in [-0.15, -0.1) is 0 Å². The number of aliphatic hydroxyl groups is 1. The Morgan fingerprint density at radius 3 is 2.63 bits per heavy atom. The van der Waals surface area contributed by atoms with E-state index in [1.807, 2.05) is 0 Å². The van der Waals surface area contributed by atoms with Gasteiger partial charge >= 0.3 is 0 Å². The van der Waals surface area contributed by atoms with Gasteiger partial charge in [0.1, 0.15) is 0 Å². The Bertz CT molecular complexity index is 562. The average Bonchev–Trinajstić information content (AvgIpc) is 2.35. The summed E-state index contributed by atoms with van der Waals surface area (Å²) >= 11 is 3.21. The van der Waals surface area contributed by atoms with E-state index in [4.69, 9.17) is 5.73 Å². The van der Waals surface area contributed by atoms with Crippen molar-refractivity contribution in [2.75, 3.05) is 5.73 Å². The quantitative estimate of drug-likeness (QED) is 0.723. The summed E-state index contributed by atoms with van der Waals surface area (Å²) in [6, 6.07) is 4.05. The number of benzene rings is 1. The summed E-state index contributed by atoms with van der Waals surface area (Å²) in [6.07, 6.45) is 2.55. The van der Waals surface area contributed by atoms with Crippen LogP contribution in [0.1, 0.15) is 25.7 Å². The first-order chi connectivity index (χ1) is 8.90. The third-order valence-corrected chi connectivity index (χ3v) is 5.49. The van der Waals surface area contributed by atoms with Gasteiger partial charge in [0.25, 0.3) is 0 Å². The van der Waals surface area contributed by atoms with Gasteiger partial charge in [-0.05, 0) is 47.0 Å². The van der Waals surface area contributed by atoms with E-state index >= 15 is 0 Å². The molecule has 0 radical (unpaired) electrons. The topological polar surface area (TPSA) is 92.4 Å². The number of aliphatic hydroxyl groups excluding tert-OH is 1. The highest BCUT2D eigenvalue weighted by Crippen LogP contribution is 2.25. The highest BCUT2D eigenvalue weighted by molar-refractivity contribution is 9.10. The summed E-state index contributed by atoms with van der Waals surface area (Å²) in [5, 5.41) is 9.82. The summed E-state index contributed by atoms with van der Waals surface area (Å²) in [4.78, 5) is 0.145. The maximum atomic E-state index is 12.2. The van der Waals surface area contributed by atoms with Crippen molar-refractivity contribution in [1.82, 2.24) is 4.72 Å².